The van der Waals surface area contributed by atoms with E-state index in [4.69, 9.17) is 16.3 Å². The van der Waals surface area contributed by atoms with Gasteiger partial charge in [-0.15, -0.1) is 0 Å². The van der Waals surface area contributed by atoms with E-state index in [0.717, 1.165) is 17.4 Å². The third-order valence-electron chi connectivity index (χ3n) is 4.26. The maximum absolute atomic E-state index is 12.1. The number of hydrogen-bond donors (Lipinski definition) is 3. The number of aromatic nitrogens is 1. The maximum Gasteiger partial charge on any atom is 0.355 e. The van der Waals surface area contributed by atoms with E-state index in [9.17, 15) is 14.4 Å². The summed E-state index contributed by atoms with van der Waals surface area (Å²) >= 11 is 5.92. The van der Waals surface area contributed by atoms with Crippen LogP contribution < -0.4 is 10.6 Å². The van der Waals surface area contributed by atoms with Crippen molar-refractivity contribution in [2.75, 3.05) is 18.5 Å². The summed E-state index contributed by atoms with van der Waals surface area (Å²) < 4.78 is 4.99. The van der Waals surface area contributed by atoms with Crippen molar-refractivity contribution in [1.29, 1.82) is 0 Å². The van der Waals surface area contributed by atoms with Crippen LogP contribution in [0.2, 0.25) is 5.02 Å². The molecule has 8 heteroatoms. The minimum atomic E-state index is -0.672. The van der Waals surface area contributed by atoms with Gasteiger partial charge in [0.15, 0.2) is 6.61 Å². The number of carbonyl (C=O) groups is 3. The average molecular weight is 414 g/mol. The summed E-state index contributed by atoms with van der Waals surface area (Å²) in [6, 6.07) is 14.2. The van der Waals surface area contributed by atoms with E-state index in [1.807, 2.05) is 25.1 Å². The number of fused-ring (bicyclic) bond motifs is 1. The molecule has 0 radical (unpaired) electrons. The molecule has 0 spiro atoms. The van der Waals surface area contributed by atoms with Crippen molar-refractivity contribution in [3.63, 3.8) is 0 Å². The van der Waals surface area contributed by atoms with Gasteiger partial charge in [0.05, 0.1) is 6.54 Å². The number of hydrogen-bond acceptors (Lipinski definition) is 4. The number of benzene rings is 2. The van der Waals surface area contributed by atoms with E-state index < -0.39 is 18.5 Å². The molecule has 3 N–H and O–H groups in total. The largest absolute Gasteiger partial charge is 0.451 e. The van der Waals surface area contributed by atoms with Crippen LogP contribution in [0.25, 0.3) is 10.9 Å². The monoisotopic (exact) mass is 413 g/mol. The highest BCUT2D eigenvalue weighted by Gasteiger charge is 2.14. The fraction of sp³-hybridized carbons (Fsp3) is 0.190. The zero-order valence-electron chi connectivity index (χ0n) is 15.8. The van der Waals surface area contributed by atoms with Gasteiger partial charge in [-0.05, 0) is 36.2 Å². The molecular weight excluding hydrogens is 394 g/mol. The number of carbonyl (C=O) groups excluding carboxylic acids is 3. The number of rotatable bonds is 7. The number of H-pyrrole nitrogens is 1. The van der Waals surface area contributed by atoms with Crippen LogP contribution in [-0.4, -0.2) is 35.9 Å². The van der Waals surface area contributed by atoms with Gasteiger partial charge in [-0.1, -0.05) is 42.8 Å². The predicted molar refractivity (Wildman–Crippen MR) is 111 cm³/mol. The van der Waals surface area contributed by atoms with Gasteiger partial charge in [-0.3, -0.25) is 9.59 Å². The number of para-hydroxylation sites is 1. The Hall–Kier alpha value is -3.32. The minimum absolute atomic E-state index is 0.212. The molecule has 2 aromatic carbocycles. The molecule has 0 aliphatic heterocycles. The topological polar surface area (TPSA) is 100 Å². The molecule has 3 rings (SSSR count). The molecule has 29 heavy (non-hydrogen) atoms. The van der Waals surface area contributed by atoms with E-state index >= 15 is 0 Å². The van der Waals surface area contributed by atoms with E-state index in [1.165, 1.54) is 0 Å². The second kappa shape index (κ2) is 9.25. The Morgan fingerprint density at radius 2 is 1.86 bits per heavy atom. The van der Waals surface area contributed by atoms with Gasteiger partial charge in [-0.2, -0.15) is 0 Å². The lowest BCUT2D eigenvalue weighted by atomic mass is 10.1. The Bertz CT molecular complexity index is 1060. The maximum atomic E-state index is 12.1. The summed E-state index contributed by atoms with van der Waals surface area (Å²) in [4.78, 5) is 38.9. The lowest BCUT2D eigenvalue weighted by Gasteiger charge is -2.10. The van der Waals surface area contributed by atoms with Crippen molar-refractivity contribution < 1.29 is 19.1 Å². The molecular formula is C21H20ClN3O4. The standard InChI is InChI=1S/C21H20ClN3O4/c1-2-13-5-3-4-6-16(13)25-19(26)11-23-20(27)12-29-21(28)18-9-14-7-8-15(22)10-17(14)24-18/h3-10,24H,2,11-12H2,1H3,(H,23,27)(H,25,26). The van der Waals surface area contributed by atoms with E-state index in [-0.39, 0.29) is 18.1 Å². The van der Waals surface area contributed by atoms with Crippen LogP contribution in [0, 0.1) is 0 Å². The molecule has 7 nitrogen and oxygen atoms in total. The number of amides is 2. The first kappa shape index (κ1) is 20.4. The number of aryl methyl sites for hydroxylation is 1. The average Bonchev–Trinajstić information content (AvgIpc) is 3.14. The van der Waals surface area contributed by atoms with Crippen LogP contribution in [0.1, 0.15) is 23.0 Å². The number of esters is 1. The summed E-state index contributed by atoms with van der Waals surface area (Å²) in [5, 5.41) is 6.52. The molecule has 1 heterocycles. The normalized spacial score (nSPS) is 10.6. The zero-order chi connectivity index (χ0) is 20.8. The van der Waals surface area contributed by atoms with Gasteiger partial charge in [0.25, 0.3) is 5.91 Å². The molecule has 0 fully saturated rings. The summed E-state index contributed by atoms with van der Waals surface area (Å²) in [5.41, 5.74) is 2.61. The van der Waals surface area contributed by atoms with Crippen molar-refractivity contribution in [2.45, 2.75) is 13.3 Å². The molecule has 3 aromatic rings. The highest BCUT2D eigenvalue weighted by molar-refractivity contribution is 6.31. The first-order valence-corrected chi connectivity index (χ1v) is 9.44. The summed E-state index contributed by atoms with van der Waals surface area (Å²) in [5.74, 6) is -1.61. The Balaban J connectivity index is 1.46. The predicted octanol–water partition coefficient (Wildman–Crippen LogP) is 3.30. The Labute approximate surface area is 172 Å². The minimum Gasteiger partial charge on any atom is -0.451 e. The van der Waals surface area contributed by atoms with Crippen LogP contribution in [0.3, 0.4) is 0 Å². The zero-order valence-corrected chi connectivity index (χ0v) is 16.5. The van der Waals surface area contributed by atoms with Crippen LogP contribution >= 0.6 is 11.6 Å². The highest BCUT2D eigenvalue weighted by atomic mass is 35.5. The number of aromatic amines is 1. The van der Waals surface area contributed by atoms with E-state index in [2.05, 4.69) is 15.6 Å². The molecule has 0 saturated carbocycles. The van der Waals surface area contributed by atoms with E-state index in [1.54, 1.807) is 30.3 Å². The molecule has 150 valence electrons. The second-order valence-electron chi connectivity index (χ2n) is 6.33. The van der Waals surface area contributed by atoms with Crippen LogP contribution in [0.4, 0.5) is 5.69 Å². The Morgan fingerprint density at radius 3 is 2.66 bits per heavy atom. The highest BCUT2D eigenvalue weighted by Crippen LogP contribution is 2.20. The fourth-order valence-corrected chi connectivity index (χ4v) is 2.97. The van der Waals surface area contributed by atoms with Gasteiger partial charge < -0.3 is 20.4 Å². The smallest absolute Gasteiger partial charge is 0.355 e. The van der Waals surface area contributed by atoms with Crippen molar-refractivity contribution in [3.05, 3.63) is 64.8 Å². The molecule has 2 amide bonds. The van der Waals surface area contributed by atoms with Gasteiger partial charge in [0, 0.05) is 21.6 Å². The number of ether oxygens (including phenoxy) is 1. The van der Waals surface area contributed by atoms with Crippen LogP contribution in [-0.2, 0) is 20.7 Å². The fourth-order valence-electron chi connectivity index (χ4n) is 2.79. The molecule has 0 unspecified atom stereocenters. The van der Waals surface area contributed by atoms with Crippen molar-refractivity contribution in [2.24, 2.45) is 0 Å². The number of anilines is 1. The van der Waals surface area contributed by atoms with Gasteiger partial charge in [0.2, 0.25) is 5.91 Å². The Kier molecular flexibility index (Phi) is 6.51. The van der Waals surface area contributed by atoms with Crippen molar-refractivity contribution in [3.8, 4) is 0 Å². The summed E-state index contributed by atoms with van der Waals surface area (Å²) in [7, 11) is 0. The summed E-state index contributed by atoms with van der Waals surface area (Å²) in [6.07, 6.45) is 0.777. The van der Waals surface area contributed by atoms with E-state index in [0.29, 0.717) is 16.2 Å². The van der Waals surface area contributed by atoms with Crippen molar-refractivity contribution >= 4 is 46.0 Å². The van der Waals surface area contributed by atoms with Crippen molar-refractivity contribution in [1.82, 2.24) is 10.3 Å². The van der Waals surface area contributed by atoms with Gasteiger partial charge in [0.1, 0.15) is 5.69 Å². The molecule has 0 aliphatic carbocycles. The first-order chi connectivity index (χ1) is 14.0. The Morgan fingerprint density at radius 1 is 1.07 bits per heavy atom. The third kappa shape index (κ3) is 5.36. The lowest BCUT2D eigenvalue weighted by molar-refractivity contribution is -0.126. The third-order valence-corrected chi connectivity index (χ3v) is 4.49. The molecule has 0 saturated heterocycles. The molecule has 0 bridgehead atoms. The number of halogens is 1. The molecule has 0 atom stereocenters. The summed E-state index contributed by atoms with van der Waals surface area (Å²) in [6.45, 7) is 1.27. The molecule has 1 aromatic heterocycles. The SMILES string of the molecule is CCc1ccccc1NC(=O)CNC(=O)COC(=O)c1cc2ccc(Cl)cc2[nH]1. The van der Waals surface area contributed by atoms with Crippen LogP contribution in [0.5, 0.6) is 0 Å². The lowest BCUT2D eigenvalue weighted by Crippen LogP contribution is -2.35. The van der Waals surface area contributed by atoms with Gasteiger partial charge >= 0.3 is 5.97 Å². The van der Waals surface area contributed by atoms with Crippen LogP contribution in [0.15, 0.2) is 48.5 Å². The second-order valence-corrected chi connectivity index (χ2v) is 6.76. The number of nitrogens with one attached hydrogen (secondary N) is 3. The van der Waals surface area contributed by atoms with Gasteiger partial charge in [-0.25, -0.2) is 4.79 Å². The molecule has 0 aliphatic rings. The first-order valence-electron chi connectivity index (χ1n) is 9.06. The quantitative estimate of drug-likeness (QED) is 0.517.